The van der Waals surface area contributed by atoms with E-state index in [2.05, 4.69) is 11.9 Å². The summed E-state index contributed by atoms with van der Waals surface area (Å²) in [5, 5.41) is 0. The number of nitrogens with zero attached hydrogens (tertiary/aromatic N) is 1. The van der Waals surface area contributed by atoms with Crippen LogP contribution in [0.2, 0.25) is 0 Å². The first-order chi connectivity index (χ1) is 6.38. The van der Waals surface area contributed by atoms with Crippen molar-refractivity contribution in [2.24, 2.45) is 0 Å². The van der Waals surface area contributed by atoms with Crippen LogP contribution in [0.5, 0.6) is 0 Å². The van der Waals surface area contributed by atoms with Gasteiger partial charge in [-0.3, -0.25) is 4.79 Å². The summed E-state index contributed by atoms with van der Waals surface area (Å²) in [7, 11) is 2.07. The van der Waals surface area contributed by atoms with Gasteiger partial charge in [0.15, 0.2) is 0 Å². The average molecular weight is 199 g/mol. The lowest BCUT2D eigenvalue weighted by atomic mass is 10.1. The van der Waals surface area contributed by atoms with E-state index in [1.165, 1.54) is 6.42 Å². The third-order valence-corrected chi connectivity index (χ3v) is 2.49. The number of hydrogen-bond acceptors (Lipinski definition) is 3. The zero-order valence-corrected chi connectivity index (χ0v) is 9.67. The second-order valence-corrected chi connectivity index (χ2v) is 5.07. The Balaban J connectivity index is 2.33. The van der Waals surface area contributed by atoms with Crippen LogP contribution >= 0.6 is 0 Å². The minimum Gasteiger partial charge on any atom is -0.460 e. The molecule has 0 bridgehead atoms. The maximum Gasteiger partial charge on any atom is 0.307 e. The molecule has 0 N–H and O–H groups in total. The van der Waals surface area contributed by atoms with E-state index in [4.69, 9.17) is 4.74 Å². The number of carbonyl (C=O) groups excluding carboxylic acids is 1. The van der Waals surface area contributed by atoms with Gasteiger partial charge < -0.3 is 9.64 Å². The minimum absolute atomic E-state index is 0.0729. The highest BCUT2D eigenvalue weighted by atomic mass is 16.6. The molecule has 1 saturated heterocycles. The topological polar surface area (TPSA) is 29.5 Å². The molecule has 1 rings (SSSR count). The summed E-state index contributed by atoms with van der Waals surface area (Å²) in [6, 6.07) is 0.393. The Morgan fingerprint density at radius 2 is 2.14 bits per heavy atom. The van der Waals surface area contributed by atoms with Gasteiger partial charge in [-0.2, -0.15) is 0 Å². The first kappa shape index (κ1) is 11.5. The summed E-state index contributed by atoms with van der Waals surface area (Å²) in [6.07, 6.45) is 2.85. The molecule has 0 unspecified atom stereocenters. The molecule has 1 heterocycles. The van der Waals surface area contributed by atoms with Crippen molar-refractivity contribution < 1.29 is 9.53 Å². The van der Waals surface area contributed by atoms with Crippen molar-refractivity contribution >= 4 is 5.97 Å². The maximum atomic E-state index is 11.5. The Labute approximate surface area is 86.4 Å². The largest absolute Gasteiger partial charge is 0.460 e. The molecule has 0 radical (unpaired) electrons. The lowest BCUT2D eigenvalue weighted by Crippen LogP contribution is -2.31. The molecule has 1 atom stereocenters. The highest BCUT2D eigenvalue weighted by molar-refractivity contribution is 5.70. The number of likely N-dealkylation sites (tertiary alicyclic amines) is 1. The fourth-order valence-corrected chi connectivity index (χ4v) is 1.81. The smallest absolute Gasteiger partial charge is 0.307 e. The van der Waals surface area contributed by atoms with Crippen LogP contribution in [0.25, 0.3) is 0 Å². The standard InChI is InChI=1S/C11H21NO2/c1-11(2,3)14-10(13)8-9-6-5-7-12(9)4/h9H,5-8H2,1-4H3/t9-/m1/s1. The van der Waals surface area contributed by atoms with Crippen molar-refractivity contribution in [3.63, 3.8) is 0 Å². The van der Waals surface area contributed by atoms with Crippen LogP contribution in [-0.4, -0.2) is 36.1 Å². The van der Waals surface area contributed by atoms with Crippen molar-refractivity contribution in [3.05, 3.63) is 0 Å². The summed E-state index contributed by atoms with van der Waals surface area (Å²) >= 11 is 0. The summed E-state index contributed by atoms with van der Waals surface area (Å²) in [6.45, 7) is 6.82. The van der Waals surface area contributed by atoms with Crippen LogP contribution in [0.3, 0.4) is 0 Å². The lowest BCUT2D eigenvalue weighted by Gasteiger charge is -2.23. The van der Waals surface area contributed by atoms with Gasteiger partial charge in [0, 0.05) is 6.04 Å². The zero-order chi connectivity index (χ0) is 10.8. The van der Waals surface area contributed by atoms with Crippen molar-refractivity contribution in [1.29, 1.82) is 0 Å². The lowest BCUT2D eigenvalue weighted by molar-refractivity contribution is -0.155. The molecule has 14 heavy (non-hydrogen) atoms. The summed E-state index contributed by atoms with van der Waals surface area (Å²) < 4.78 is 5.28. The molecule has 82 valence electrons. The molecule has 0 saturated carbocycles. The van der Waals surface area contributed by atoms with E-state index in [-0.39, 0.29) is 11.6 Å². The van der Waals surface area contributed by atoms with Gasteiger partial charge in [0.1, 0.15) is 5.60 Å². The second kappa shape index (κ2) is 4.30. The van der Waals surface area contributed by atoms with E-state index in [0.29, 0.717) is 12.5 Å². The van der Waals surface area contributed by atoms with Gasteiger partial charge in [0.25, 0.3) is 0 Å². The number of rotatable bonds is 2. The number of carbonyl (C=O) groups is 1. The summed E-state index contributed by atoms with van der Waals surface area (Å²) in [5.74, 6) is -0.0729. The number of ether oxygens (including phenoxy) is 1. The van der Waals surface area contributed by atoms with Crippen LogP contribution < -0.4 is 0 Å². The second-order valence-electron chi connectivity index (χ2n) is 5.07. The fraction of sp³-hybridized carbons (Fsp3) is 0.909. The molecule has 1 aliphatic heterocycles. The predicted octanol–water partition coefficient (Wildman–Crippen LogP) is 1.81. The molecular formula is C11H21NO2. The van der Waals surface area contributed by atoms with Crippen LogP contribution in [0, 0.1) is 0 Å². The quantitative estimate of drug-likeness (QED) is 0.635. The molecule has 0 aromatic rings. The molecule has 1 aliphatic rings. The van der Waals surface area contributed by atoms with E-state index < -0.39 is 0 Å². The monoisotopic (exact) mass is 199 g/mol. The third kappa shape index (κ3) is 3.66. The van der Waals surface area contributed by atoms with Gasteiger partial charge in [-0.1, -0.05) is 0 Å². The van der Waals surface area contributed by atoms with Gasteiger partial charge in [0.05, 0.1) is 6.42 Å². The number of esters is 1. The Morgan fingerprint density at radius 3 is 2.57 bits per heavy atom. The van der Waals surface area contributed by atoms with E-state index >= 15 is 0 Å². The molecule has 1 fully saturated rings. The Kier molecular flexibility index (Phi) is 3.53. The molecule has 0 aromatic carbocycles. The number of hydrogen-bond donors (Lipinski definition) is 0. The molecule has 0 amide bonds. The maximum absolute atomic E-state index is 11.5. The summed E-state index contributed by atoms with van der Waals surface area (Å²) in [4.78, 5) is 13.8. The normalized spacial score (nSPS) is 23.9. The predicted molar refractivity (Wildman–Crippen MR) is 56.1 cm³/mol. The van der Waals surface area contributed by atoms with Gasteiger partial charge >= 0.3 is 5.97 Å². The van der Waals surface area contributed by atoms with E-state index in [0.717, 1.165) is 13.0 Å². The van der Waals surface area contributed by atoms with E-state index in [1.54, 1.807) is 0 Å². The van der Waals surface area contributed by atoms with Gasteiger partial charge in [-0.15, -0.1) is 0 Å². The van der Waals surface area contributed by atoms with Crippen molar-refractivity contribution in [1.82, 2.24) is 4.90 Å². The van der Waals surface area contributed by atoms with Crippen LogP contribution in [-0.2, 0) is 9.53 Å². The van der Waals surface area contributed by atoms with Gasteiger partial charge in [0.2, 0.25) is 0 Å². The van der Waals surface area contributed by atoms with Gasteiger partial charge in [-0.05, 0) is 47.2 Å². The van der Waals surface area contributed by atoms with Crippen LogP contribution in [0.1, 0.15) is 40.0 Å². The van der Waals surface area contributed by atoms with Crippen LogP contribution in [0.4, 0.5) is 0 Å². The van der Waals surface area contributed by atoms with E-state index in [1.807, 2.05) is 20.8 Å². The Bertz CT molecular complexity index is 208. The van der Waals surface area contributed by atoms with Crippen molar-refractivity contribution in [2.75, 3.05) is 13.6 Å². The molecule has 0 aliphatic carbocycles. The van der Waals surface area contributed by atoms with Gasteiger partial charge in [-0.25, -0.2) is 0 Å². The van der Waals surface area contributed by atoms with Crippen molar-refractivity contribution in [3.8, 4) is 0 Å². The van der Waals surface area contributed by atoms with Crippen molar-refractivity contribution in [2.45, 2.75) is 51.7 Å². The highest BCUT2D eigenvalue weighted by Crippen LogP contribution is 2.19. The molecule has 0 spiro atoms. The molecular weight excluding hydrogens is 178 g/mol. The SMILES string of the molecule is CN1CCC[C@@H]1CC(=O)OC(C)(C)C. The molecule has 3 heteroatoms. The minimum atomic E-state index is -0.353. The first-order valence-electron chi connectivity index (χ1n) is 5.30. The fourth-order valence-electron chi connectivity index (χ4n) is 1.81. The zero-order valence-electron chi connectivity index (χ0n) is 9.67. The third-order valence-electron chi connectivity index (χ3n) is 2.49. The van der Waals surface area contributed by atoms with Crippen LogP contribution in [0.15, 0.2) is 0 Å². The Morgan fingerprint density at radius 1 is 1.50 bits per heavy atom. The van der Waals surface area contributed by atoms with E-state index in [9.17, 15) is 4.79 Å². The summed E-state index contributed by atoms with van der Waals surface area (Å²) in [5.41, 5.74) is -0.353. The Hall–Kier alpha value is -0.570. The molecule has 0 aromatic heterocycles. The highest BCUT2D eigenvalue weighted by Gasteiger charge is 2.26. The average Bonchev–Trinajstić information content (AvgIpc) is 2.32. The molecule has 3 nitrogen and oxygen atoms in total. The first-order valence-corrected chi connectivity index (χ1v) is 5.30.